The zero-order chi connectivity index (χ0) is 10.9. The summed E-state index contributed by atoms with van der Waals surface area (Å²) in [6.07, 6.45) is 4.97. The summed E-state index contributed by atoms with van der Waals surface area (Å²) in [6, 6.07) is 0. The van der Waals surface area contributed by atoms with Crippen molar-refractivity contribution in [3.63, 3.8) is 0 Å². The van der Waals surface area contributed by atoms with E-state index >= 15 is 0 Å². The number of nitrogen functional groups attached to an aromatic ring is 1. The lowest BCUT2D eigenvalue weighted by molar-refractivity contribution is 0.406. The normalized spacial score (nSPS) is 21.6. The third-order valence-corrected chi connectivity index (χ3v) is 4.59. The Morgan fingerprint density at radius 3 is 2.67 bits per heavy atom. The Kier molecular flexibility index (Phi) is 2.68. The van der Waals surface area contributed by atoms with Gasteiger partial charge in [0.2, 0.25) is 0 Å². The van der Waals surface area contributed by atoms with Crippen molar-refractivity contribution in [2.75, 3.05) is 17.2 Å². The van der Waals surface area contributed by atoms with Gasteiger partial charge < -0.3 is 10.3 Å². The maximum absolute atomic E-state index is 11.2. The van der Waals surface area contributed by atoms with Crippen LogP contribution in [0.2, 0.25) is 0 Å². The number of anilines is 1. The molecule has 84 valence electrons. The van der Waals surface area contributed by atoms with Crippen LogP contribution in [0.4, 0.5) is 5.95 Å². The van der Waals surface area contributed by atoms with Crippen LogP contribution < -0.4 is 5.73 Å². The highest BCUT2D eigenvalue weighted by Gasteiger charge is 2.23. The van der Waals surface area contributed by atoms with Crippen molar-refractivity contribution in [3.05, 3.63) is 12.4 Å². The number of nitrogens with zero attached hydrogens (tertiary/aromatic N) is 2. The van der Waals surface area contributed by atoms with E-state index in [1.165, 1.54) is 0 Å². The minimum atomic E-state index is -2.76. The minimum Gasteiger partial charge on any atom is -0.369 e. The van der Waals surface area contributed by atoms with Crippen molar-refractivity contribution in [2.45, 2.75) is 19.4 Å². The Bertz CT molecular complexity index is 424. The molecule has 1 aliphatic heterocycles. The molecule has 5 nitrogen and oxygen atoms in total. The highest BCUT2D eigenvalue weighted by atomic mass is 32.2. The largest absolute Gasteiger partial charge is 0.369 e. The summed E-state index contributed by atoms with van der Waals surface area (Å²) in [5.41, 5.74) is 5.64. The Morgan fingerprint density at radius 2 is 2.13 bits per heavy atom. The second kappa shape index (κ2) is 3.84. The molecule has 2 heterocycles. The van der Waals surface area contributed by atoms with Crippen LogP contribution in [-0.2, 0) is 16.4 Å². The van der Waals surface area contributed by atoms with Gasteiger partial charge in [0.15, 0.2) is 5.95 Å². The fraction of sp³-hybridized carbons (Fsp3) is 0.667. The zero-order valence-electron chi connectivity index (χ0n) is 8.46. The summed E-state index contributed by atoms with van der Waals surface area (Å²) in [7, 11) is -2.76. The maximum Gasteiger partial charge on any atom is 0.200 e. The lowest BCUT2D eigenvalue weighted by Gasteiger charge is -2.22. The molecule has 6 heteroatoms. The fourth-order valence-electron chi connectivity index (χ4n) is 1.89. The molecule has 0 radical (unpaired) electrons. The second-order valence-corrected chi connectivity index (χ2v) is 6.34. The van der Waals surface area contributed by atoms with Crippen molar-refractivity contribution in [1.29, 1.82) is 0 Å². The van der Waals surface area contributed by atoms with E-state index in [-0.39, 0.29) is 0 Å². The SMILES string of the molecule is Nc1nccn1CC1CCS(=O)(=O)CC1. The van der Waals surface area contributed by atoms with Crippen molar-refractivity contribution >= 4 is 15.8 Å². The summed E-state index contributed by atoms with van der Waals surface area (Å²) >= 11 is 0. The summed E-state index contributed by atoms with van der Waals surface area (Å²) < 4.78 is 24.3. The van der Waals surface area contributed by atoms with Crippen molar-refractivity contribution in [1.82, 2.24) is 9.55 Å². The number of hydrogen-bond acceptors (Lipinski definition) is 4. The molecule has 2 N–H and O–H groups in total. The molecule has 0 amide bonds. The van der Waals surface area contributed by atoms with E-state index < -0.39 is 9.84 Å². The Hall–Kier alpha value is -1.04. The highest BCUT2D eigenvalue weighted by molar-refractivity contribution is 7.91. The minimum absolute atomic E-state index is 0.312. The van der Waals surface area contributed by atoms with Crippen LogP contribution in [0.15, 0.2) is 12.4 Å². The van der Waals surface area contributed by atoms with Crippen LogP contribution in [0.5, 0.6) is 0 Å². The van der Waals surface area contributed by atoms with Crippen LogP contribution in [-0.4, -0.2) is 29.5 Å². The molecule has 15 heavy (non-hydrogen) atoms. The van der Waals surface area contributed by atoms with Crippen LogP contribution in [0.25, 0.3) is 0 Å². The summed E-state index contributed by atoms with van der Waals surface area (Å²) in [5, 5.41) is 0. The van der Waals surface area contributed by atoms with E-state index in [4.69, 9.17) is 5.73 Å². The quantitative estimate of drug-likeness (QED) is 0.790. The molecule has 1 aliphatic rings. The lowest BCUT2D eigenvalue weighted by Crippen LogP contribution is -2.26. The van der Waals surface area contributed by atoms with E-state index in [9.17, 15) is 8.42 Å². The number of sulfone groups is 1. The smallest absolute Gasteiger partial charge is 0.200 e. The maximum atomic E-state index is 11.2. The number of aromatic nitrogens is 2. The third-order valence-electron chi connectivity index (χ3n) is 2.88. The van der Waals surface area contributed by atoms with Gasteiger partial charge in [0.25, 0.3) is 0 Å². The average molecular weight is 229 g/mol. The first kappa shape index (κ1) is 10.5. The molecule has 0 spiro atoms. The lowest BCUT2D eigenvalue weighted by atomic mass is 10.0. The van der Waals surface area contributed by atoms with Crippen molar-refractivity contribution < 1.29 is 8.42 Å². The van der Waals surface area contributed by atoms with Gasteiger partial charge in [-0.25, -0.2) is 13.4 Å². The molecule has 0 aromatic carbocycles. The molecule has 1 aromatic rings. The van der Waals surface area contributed by atoms with Crippen molar-refractivity contribution in [2.24, 2.45) is 5.92 Å². The average Bonchev–Trinajstić information content (AvgIpc) is 2.56. The van der Waals surface area contributed by atoms with Gasteiger partial charge in [0.1, 0.15) is 9.84 Å². The molecular formula is C9H15N3O2S. The predicted octanol–water partition coefficient (Wildman–Crippen LogP) is 0.290. The first-order valence-electron chi connectivity index (χ1n) is 5.04. The summed E-state index contributed by atoms with van der Waals surface area (Å²) in [4.78, 5) is 3.93. The van der Waals surface area contributed by atoms with Crippen molar-refractivity contribution in [3.8, 4) is 0 Å². The first-order chi connectivity index (χ1) is 7.07. The highest BCUT2D eigenvalue weighted by Crippen LogP contribution is 2.21. The van der Waals surface area contributed by atoms with E-state index in [2.05, 4.69) is 4.98 Å². The molecule has 0 aliphatic carbocycles. The predicted molar refractivity (Wildman–Crippen MR) is 58.0 cm³/mol. The van der Waals surface area contributed by atoms with Gasteiger partial charge in [-0.1, -0.05) is 0 Å². The van der Waals surface area contributed by atoms with E-state index in [1.807, 2.05) is 10.8 Å². The molecule has 1 saturated heterocycles. The van der Waals surface area contributed by atoms with Crippen LogP contribution >= 0.6 is 0 Å². The topological polar surface area (TPSA) is 78.0 Å². The molecular weight excluding hydrogens is 214 g/mol. The van der Waals surface area contributed by atoms with E-state index in [0.29, 0.717) is 23.4 Å². The van der Waals surface area contributed by atoms with Crippen LogP contribution in [0.1, 0.15) is 12.8 Å². The summed E-state index contributed by atoms with van der Waals surface area (Å²) in [6.45, 7) is 0.779. The fourth-order valence-corrected chi connectivity index (χ4v) is 3.48. The molecule has 0 bridgehead atoms. The third kappa shape index (κ3) is 2.50. The van der Waals surface area contributed by atoms with Gasteiger partial charge in [-0.3, -0.25) is 0 Å². The molecule has 2 rings (SSSR count). The van der Waals surface area contributed by atoms with Crippen LogP contribution in [0.3, 0.4) is 0 Å². The van der Waals surface area contributed by atoms with Gasteiger partial charge in [0.05, 0.1) is 11.5 Å². The molecule has 1 aromatic heterocycles. The summed E-state index contributed by atoms with van der Waals surface area (Å²) in [5.74, 6) is 1.53. The van der Waals surface area contributed by atoms with Gasteiger partial charge in [-0.15, -0.1) is 0 Å². The van der Waals surface area contributed by atoms with Crippen LogP contribution in [0, 0.1) is 5.92 Å². The van der Waals surface area contributed by atoms with Gasteiger partial charge in [0, 0.05) is 18.9 Å². The number of hydrogen-bond donors (Lipinski definition) is 1. The molecule has 0 unspecified atom stereocenters. The number of rotatable bonds is 2. The molecule has 0 atom stereocenters. The second-order valence-electron chi connectivity index (χ2n) is 4.03. The Morgan fingerprint density at radius 1 is 1.47 bits per heavy atom. The first-order valence-corrected chi connectivity index (χ1v) is 6.86. The van der Waals surface area contributed by atoms with Gasteiger partial charge >= 0.3 is 0 Å². The monoisotopic (exact) mass is 229 g/mol. The Labute approximate surface area is 89.2 Å². The number of imidazole rings is 1. The standard InChI is InChI=1S/C9H15N3O2S/c10-9-11-3-4-12(9)7-8-1-5-15(13,14)6-2-8/h3-4,8H,1-2,5-7H2,(H2,10,11). The Balaban J connectivity index is 1.96. The molecule has 1 fully saturated rings. The van der Waals surface area contributed by atoms with E-state index in [0.717, 1.165) is 19.4 Å². The number of nitrogens with two attached hydrogens (primary N) is 1. The molecule has 0 saturated carbocycles. The van der Waals surface area contributed by atoms with Gasteiger partial charge in [-0.2, -0.15) is 0 Å². The van der Waals surface area contributed by atoms with Gasteiger partial charge in [-0.05, 0) is 18.8 Å². The van der Waals surface area contributed by atoms with E-state index in [1.54, 1.807) is 6.20 Å². The zero-order valence-corrected chi connectivity index (χ0v) is 9.28.